The molecule has 0 radical (unpaired) electrons. The van der Waals surface area contributed by atoms with Crippen molar-refractivity contribution in [2.24, 2.45) is 7.05 Å². The van der Waals surface area contributed by atoms with Gasteiger partial charge in [0.1, 0.15) is 5.38 Å². The van der Waals surface area contributed by atoms with E-state index in [1.807, 2.05) is 14.0 Å². The Balaban J connectivity index is 2.99. The zero-order valence-electron chi connectivity index (χ0n) is 9.49. The lowest BCUT2D eigenvalue weighted by Crippen LogP contribution is -2.25. The molecular weight excluding hydrogens is 214 g/mol. The van der Waals surface area contributed by atoms with E-state index in [4.69, 9.17) is 11.6 Å². The van der Waals surface area contributed by atoms with Gasteiger partial charge in [-0.25, -0.2) is 0 Å². The molecule has 0 spiro atoms. The minimum absolute atomic E-state index is 0.112. The number of alkyl halides is 1. The molecule has 1 atom stereocenters. The van der Waals surface area contributed by atoms with Crippen molar-refractivity contribution in [3.8, 4) is 0 Å². The fourth-order valence-electron chi connectivity index (χ4n) is 1.40. The number of rotatable bonds is 3. The fourth-order valence-corrected chi connectivity index (χ4v) is 1.78. The van der Waals surface area contributed by atoms with Crippen molar-refractivity contribution in [3.63, 3.8) is 0 Å². The minimum Gasteiger partial charge on any atom is -0.347 e. The maximum Gasteiger partial charge on any atom is 0.244 e. The Morgan fingerprint density at radius 2 is 2.27 bits per heavy atom. The largest absolute Gasteiger partial charge is 0.347 e. The first-order valence-corrected chi connectivity index (χ1v) is 5.28. The highest BCUT2D eigenvalue weighted by Gasteiger charge is 2.23. The molecule has 5 heteroatoms. The highest BCUT2D eigenvalue weighted by atomic mass is 35.5. The molecule has 0 aliphatic rings. The van der Waals surface area contributed by atoms with Crippen LogP contribution in [0.2, 0.25) is 0 Å². The third kappa shape index (κ3) is 2.50. The smallest absolute Gasteiger partial charge is 0.244 e. The van der Waals surface area contributed by atoms with Gasteiger partial charge in [-0.1, -0.05) is 6.92 Å². The van der Waals surface area contributed by atoms with E-state index in [-0.39, 0.29) is 5.91 Å². The van der Waals surface area contributed by atoms with Crippen LogP contribution >= 0.6 is 11.6 Å². The van der Waals surface area contributed by atoms with Crippen LogP contribution in [0, 0.1) is 0 Å². The van der Waals surface area contributed by atoms with E-state index in [0.717, 1.165) is 17.7 Å². The van der Waals surface area contributed by atoms with Gasteiger partial charge < -0.3 is 4.90 Å². The summed E-state index contributed by atoms with van der Waals surface area (Å²) in [5.41, 5.74) is 1.69. The summed E-state index contributed by atoms with van der Waals surface area (Å²) in [6.07, 6.45) is 2.58. The van der Waals surface area contributed by atoms with Crippen molar-refractivity contribution in [2.75, 3.05) is 14.1 Å². The zero-order valence-corrected chi connectivity index (χ0v) is 10.2. The van der Waals surface area contributed by atoms with Gasteiger partial charge in [-0.2, -0.15) is 5.10 Å². The summed E-state index contributed by atoms with van der Waals surface area (Å²) in [7, 11) is 5.21. The summed E-state index contributed by atoms with van der Waals surface area (Å²) in [5, 5.41) is 3.62. The van der Waals surface area contributed by atoms with Gasteiger partial charge in [-0.3, -0.25) is 9.48 Å². The summed E-state index contributed by atoms with van der Waals surface area (Å²) < 4.78 is 1.69. The number of aromatic nitrogens is 2. The van der Waals surface area contributed by atoms with E-state index in [1.54, 1.807) is 25.0 Å². The second-order valence-corrected chi connectivity index (χ2v) is 4.09. The number of aryl methyl sites for hydroxylation is 2. The molecule has 1 unspecified atom stereocenters. The molecule has 84 valence electrons. The van der Waals surface area contributed by atoms with Crippen LogP contribution < -0.4 is 0 Å². The van der Waals surface area contributed by atoms with Crippen LogP contribution in [0.3, 0.4) is 0 Å². The summed E-state index contributed by atoms with van der Waals surface area (Å²) in [6.45, 7) is 2.00. The van der Waals surface area contributed by atoms with Gasteiger partial charge >= 0.3 is 0 Å². The molecule has 1 heterocycles. The maximum absolute atomic E-state index is 11.7. The molecule has 0 saturated heterocycles. The number of halogens is 1. The zero-order chi connectivity index (χ0) is 11.6. The van der Waals surface area contributed by atoms with E-state index in [2.05, 4.69) is 5.10 Å². The van der Waals surface area contributed by atoms with E-state index in [0.29, 0.717) is 0 Å². The maximum atomic E-state index is 11.7. The molecule has 0 fully saturated rings. The van der Waals surface area contributed by atoms with Crippen LogP contribution in [0.4, 0.5) is 0 Å². The second-order valence-electron chi connectivity index (χ2n) is 3.65. The Morgan fingerprint density at radius 1 is 1.67 bits per heavy atom. The first-order valence-electron chi connectivity index (χ1n) is 4.85. The number of likely N-dealkylation sites (N-methyl/N-ethyl adjacent to an activating group) is 1. The molecule has 0 bridgehead atoms. The van der Waals surface area contributed by atoms with Crippen LogP contribution in [-0.4, -0.2) is 34.7 Å². The molecule has 0 aromatic carbocycles. The highest BCUT2D eigenvalue weighted by molar-refractivity contribution is 6.30. The average molecular weight is 230 g/mol. The molecule has 0 aliphatic carbocycles. The monoisotopic (exact) mass is 229 g/mol. The van der Waals surface area contributed by atoms with Crippen LogP contribution in [0.1, 0.15) is 23.6 Å². The van der Waals surface area contributed by atoms with E-state index in [9.17, 15) is 4.79 Å². The van der Waals surface area contributed by atoms with E-state index >= 15 is 0 Å². The minimum atomic E-state index is -0.636. The van der Waals surface area contributed by atoms with Crippen molar-refractivity contribution < 1.29 is 4.79 Å². The molecule has 0 N–H and O–H groups in total. The number of hydrogen-bond acceptors (Lipinski definition) is 2. The number of hydrogen-bond donors (Lipinski definition) is 0. The molecule has 0 saturated carbocycles. The lowest BCUT2D eigenvalue weighted by atomic mass is 10.1. The summed E-state index contributed by atoms with van der Waals surface area (Å²) in [6, 6.07) is 0. The van der Waals surface area contributed by atoms with Crippen molar-refractivity contribution in [1.29, 1.82) is 0 Å². The fraction of sp³-hybridized carbons (Fsp3) is 0.600. The van der Waals surface area contributed by atoms with Crippen LogP contribution in [0.5, 0.6) is 0 Å². The molecule has 0 aliphatic heterocycles. The average Bonchev–Trinajstić information content (AvgIpc) is 2.57. The first kappa shape index (κ1) is 12.0. The van der Waals surface area contributed by atoms with Crippen LogP contribution in [-0.2, 0) is 18.3 Å². The SMILES string of the molecule is CCc1nn(C)cc1C(Cl)C(=O)N(C)C. The molecular formula is C10H16ClN3O. The number of carbonyl (C=O) groups excluding carboxylic acids is 1. The Hall–Kier alpha value is -1.03. The Bertz CT molecular complexity index is 360. The van der Waals surface area contributed by atoms with Gasteiger partial charge in [0.05, 0.1) is 5.69 Å². The molecule has 1 amide bonds. The number of carbonyl (C=O) groups is 1. The van der Waals surface area contributed by atoms with Gasteiger partial charge in [0, 0.05) is 32.9 Å². The van der Waals surface area contributed by atoms with Gasteiger partial charge in [-0.05, 0) is 6.42 Å². The lowest BCUT2D eigenvalue weighted by Gasteiger charge is -2.14. The van der Waals surface area contributed by atoms with Gasteiger partial charge in [0.2, 0.25) is 5.91 Å². The van der Waals surface area contributed by atoms with Crippen LogP contribution in [0.15, 0.2) is 6.20 Å². The number of amides is 1. The topological polar surface area (TPSA) is 38.1 Å². The summed E-state index contributed by atoms with van der Waals surface area (Å²) in [5.74, 6) is -0.112. The third-order valence-electron chi connectivity index (χ3n) is 2.20. The Labute approximate surface area is 94.8 Å². The quantitative estimate of drug-likeness (QED) is 0.734. The van der Waals surface area contributed by atoms with Gasteiger partial charge in [-0.15, -0.1) is 11.6 Å². The molecule has 1 aromatic heterocycles. The second kappa shape index (κ2) is 4.66. The third-order valence-corrected chi connectivity index (χ3v) is 2.62. The van der Waals surface area contributed by atoms with Crippen molar-refractivity contribution in [2.45, 2.75) is 18.7 Å². The van der Waals surface area contributed by atoms with Gasteiger partial charge in [0.25, 0.3) is 0 Å². The molecule has 15 heavy (non-hydrogen) atoms. The van der Waals surface area contributed by atoms with Crippen LogP contribution in [0.25, 0.3) is 0 Å². The number of nitrogens with zero attached hydrogens (tertiary/aromatic N) is 3. The predicted octanol–water partition coefficient (Wildman–Crippen LogP) is 1.35. The van der Waals surface area contributed by atoms with Gasteiger partial charge in [0.15, 0.2) is 0 Å². The van der Waals surface area contributed by atoms with E-state index in [1.165, 1.54) is 4.90 Å². The van der Waals surface area contributed by atoms with Crippen molar-refractivity contribution >= 4 is 17.5 Å². The molecule has 4 nitrogen and oxygen atoms in total. The Morgan fingerprint density at radius 3 is 2.73 bits per heavy atom. The van der Waals surface area contributed by atoms with E-state index < -0.39 is 5.38 Å². The van der Waals surface area contributed by atoms with Crippen molar-refractivity contribution in [3.05, 3.63) is 17.5 Å². The Kier molecular flexibility index (Phi) is 3.74. The molecule has 1 rings (SSSR count). The van der Waals surface area contributed by atoms with Crippen molar-refractivity contribution in [1.82, 2.24) is 14.7 Å². The summed E-state index contributed by atoms with van der Waals surface area (Å²) >= 11 is 6.10. The standard InChI is InChI=1S/C10H16ClN3O/c1-5-8-7(6-14(4)12-8)9(11)10(15)13(2)3/h6,9H,5H2,1-4H3. The highest BCUT2D eigenvalue weighted by Crippen LogP contribution is 2.25. The summed E-state index contributed by atoms with van der Waals surface area (Å²) in [4.78, 5) is 13.2. The first-order chi connectivity index (χ1) is 6.97. The normalized spacial score (nSPS) is 12.6. The molecule has 1 aromatic rings. The lowest BCUT2D eigenvalue weighted by molar-refractivity contribution is -0.128. The predicted molar refractivity (Wildman–Crippen MR) is 59.9 cm³/mol.